The number of carboxylic acids is 1. The van der Waals surface area contributed by atoms with Gasteiger partial charge in [-0.1, -0.05) is 11.6 Å². The van der Waals surface area contributed by atoms with E-state index >= 15 is 0 Å². The van der Waals surface area contributed by atoms with E-state index in [1.165, 1.54) is 12.1 Å². The molecule has 0 aliphatic rings. The number of ether oxygens (including phenoxy) is 1. The Morgan fingerprint density at radius 2 is 2.17 bits per heavy atom. The molecular formula is C13H11ClO4. The highest BCUT2D eigenvalue weighted by atomic mass is 35.5. The van der Waals surface area contributed by atoms with Crippen molar-refractivity contribution in [3.05, 3.63) is 52.4 Å². The van der Waals surface area contributed by atoms with Gasteiger partial charge in [0.2, 0.25) is 0 Å². The topological polar surface area (TPSA) is 59.7 Å². The number of benzene rings is 1. The summed E-state index contributed by atoms with van der Waals surface area (Å²) >= 11 is 5.74. The molecule has 1 aromatic heterocycles. The lowest BCUT2D eigenvalue weighted by molar-refractivity contribution is 0.0691. The van der Waals surface area contributed by atoms with Gasteiger partial charge < -0.3 is 14.3 Å². The summed E-state index contributed by atoms with van der Waals surface area (Å²) < 4.78 is 10.8. The van der Waals surface area contributed by atoms with Crippen molar-refractivity contribution < 1.29 is 19.1 Å². The Bertz CT molecular complexity index is 574. The molecule has 0 unspecified atom stereocenters. The molecule has 0 atom stereocenters. The number of halogens is 1. The Balaban J connectivity index is 2.16. The Labute approximate surface area is 109 Å². The number of hydrogen-bond acceptors (Lipinski definition) is 3. The largest absolute Gasteiger partial charge is 0.485 e. The number of rotatable bonds is 4. The second-order valence-corrected chi connectivity index (χ2v) is 4.18. The van der Waals surface area contributed by atoms with Crippen LogP contribution in [0.2, 0.25) is 5.02 Å². The average Bonchev–Trinajstić information content (AvgIpc) is 2.73. The average molecular weight is 267 g/mol. The number of hydrogen-bond donors (Lipinski definition) is 1. The molecule has 1 aromatic carbocycles. The van der Waals surface area contributed by atoms with Gasteiger partial charge in [0.1, 0.15) is 29.4 Å². The molecule has 0 bridgehead atoms. The van der Waals surface area contributed by atoms with E-state index in [0.717, 1.165) is 5.76 Å². The fraction of sp³-hybridized carbons (Fsp3) is 0.154. The summed E-state index contributed by atoms with van der Waals surface area (Å²) in [4.78, 5) is 11.0. The predicted octanol–water partition coefficient (Wildman–Crippen LogP) is 3.52. The van der Waals surface area contributed by atoms with E-state index in [-0.39, 0.29) is 17.9 Å². The molecule has 1 heterocycles. The number of carbonyl (C=O) groups is 1. The maximum atomic E-state index is 11.0. The Hall–Kier alpha value is -1.94. The summed E-state index contributed by atoms with van der Waals surface area (Å²) in [7, 11) is 0. The van der Waals surface area contributed by atoms with Crippen LogP contribution >= 0.6 is 11.6 Å². The molecule has 1 N–H and O–H groups in total. The van der Waals surface area contributed by atoms with Crippen molar-refractivity contribution in [3.63, 3.8) is 0 Å². The molecule has 4 nitrogen and oxygen atoms in total. The van der Waals surface area contributed by atoms with Crippen LogP contribution in [0.5, 0.6) is 5.75 Å². The molecule has 18 heavy (non-hydrogen) atoms. The third-order valence-corrected chi connectivity index (χ3v) is 2.57. The highest BCUT2D eigenvalue weighted by molar-refractivity contribution is 6.31. The van der Waals surface area contributed by atoms with Crippen molar-refractivity contribution in [2.75, 3.05) is 0 Å². The van der Waals surface area contributed by atoms with E-state index in [4.69, 9.17) is 25.9 Å². The summed E-state index contributed by atoms with van der Waals surface area (Å²) in [5.41, 5.74) is 0.0331. The monoisotopic (exact) mass is 266 g/mol. The van der Waals surface area contributed by atoms with Crippen LogP contribution in [0.15, 0.2) is 34.7 Å². The van der Waals surface area contributed by atoms with E-state index < -0.39 is 5.97 Å². The molecular weight excluding hydrogens is 256 g/mol. The Morgan fingerprint density at radius 1 is 1.39 bits per heavy atom. The van der Waals surface area contributed by atoms with Crippen molar-refractivity contribution in [2.45, 2.75) is 13.5 Å². The highest BCUT2D eigenvalue weighted by Crippen LogP contribution is 2.24. The van der Waals surface area contributed by atoms with E-state index in [2.05, 4.69) is 0 Å². The van der Waals surface area contributed by atoms with Gasteiger partial charge in [0.15, 0.2) is 0 Å². The van der Waals surface area contributed by atoms with Gasteiger partial charge in [0.05, 0.1) is 0 Å². The minimum absolute atomic E-state index is 0.0331. The second kappa shape index (κ2) is 5.14. The molecule has 0 saturated carbocycles. The first-order valence-electron chi connectivity index (χ1n) is 5.27. The van der Waals surface area contributed by atoms with Crippen molar-refractivity contribution >= 4 is 17.6 Å². The molecule has 0 aliphatic carbocycles. The van der Waals surface area contributed by atoms with Gasteiger partial charge in [-0.15, -0.1) is 0 Å². The summed E-state index contributed by atoms with van der Waals surface area (Å²) in [5.74, 6) is 0.603. The van der Waals surface area contributed by atoms with Crippen molar-refractivity contribution in [2.24, 2.45) is 0 Å². The number of carboxylic acid groups (broad SMARTS) is 1. The van der Waals surface area contributed by atoms with E-state index in [1.54, 1.807) is 12.1 Å². The van der Waals surface area contributed by atoms with Gasteiger partial charge in [-0.3, -0.25) is 0 Å². The van der Waals surface area contributed by atoms with Gasteiger partial charge in [-0.2, -0.15) is 0 Å². The van der Waals surface area contributed by atoms with Crippen LogP contribution in [0.1, 0.15) is 21.9 Å². The zero-order chi connectivity index (χ0) is 13.1. The normalized spacial score (nSPS) is 10.3. The molecule has 94 valence electrons. The molecule has 0 saturated heterocycles. The van der Waals surface area contributed by atoms with Crippen LogP contribution in [0, 0.1) is 6.92 Å². The van der Waals surface area contributed by atoms with Crippen LogP contribution in [-0.4, -0.2) is 11.1 Å². The quantitative estimate of drug-likeness (QED) is 0.920. The summed E-state index contributed by atoms with van der Waals surface area (Å²) in [6.45, 7) is 2.00. The van der Waals surface area contributed by atoms with Crippen molar-refractivity contribution in [3.8, 4) is 5.75 Å². The van der Waals surface area contributed by atoms with E-state index in [9.17, 15) is 4.79 Å². The fourth-order valence-corrected chi connectivity index (χ4v) is 1.68. The summed E-state index contributed by atoms with van der Waals surface area (Å²) in [6, 6.07) is 8.06. The lowest BCUT2D eigenvalue weighted by Gasteiger charge is -2.08. The second-order valence-electron chi connectivity index (χ2n) is 3.75. The van der Waals surface area contributed by atoms with Gasteiger partial charge in [0.25, 0.3) is 0 Å². The standard InChI is InChI=1S/C13H11ClO4/c1-8-2-4-10(18-8)7-17-12-5-3-9(14)6-11(12)13(15)16/h2-6H,7H2,1H3,(H,15,16). The first-order valence-corrected chi connectivity index (χ1v) is 5.65. The molecule has 0 amide bonds. The maximum Gasteiger partial charge on any atom is 0.339 e. The van der Waals surface area contributed by atoms with Crippen LogP contribution in [-0.2, 0) is 6.61 Å². The molecule has 0 spiro atoms. The van der Waals surface area contributed by atoms with E-state index in [0.29, 0.717) is 10.8 Å². The molecule has 2 aromatic rings. The van der Waals surface area contributed by atoms with E-state index in [1.807, 2.05) is 13.0 Å². The Kier molecular flexibility index (Phi) is 3.58. The zero-order valence-electron chi connectivity index (χ0n) is 9.64. The first-order chi connectivity index (χ1) is 8.56. The lowest BCUT2D eigenvalue weighted by atomic mass is 10.2. The maximum absolute atomic E-state index is 11.0. The zero-order valence-corrected chi connectivity index (χ0v) is 10.4. The minimum Gasteiger partial charge on any atom is -0.485 e. The molecule has 5 heteroatoms. The minimum atomic E-state index is -1.08. The number of aryl methyl sites for hydroxylation is 1. The van der Waals surface area contributed by atoms with Crippen LogP contribution in [0.25, 0.3) is 0 Å². The van der Waals surface area contributed by atoms with Gasteiger partial charge in [-0.05, 0) is 37.3 Å². The molecule has 0 aliphatic heterocycles. The smallest absolute Gasteiger partial charge is 0.339 e. The van der Waals surface area contributed by atoms with Gasteiger partial charge in [0, 0.05) is 5.02 Å². The Morgan fingerprint density at radius 3 is 2.78 bits per heavy atom. The first kappa shape index (κ1) is 12.5. The molecule has 0 fully saturated rings. The lowest BCUT2D eigenvalue weighted by Crippen LogP contribution is -2.03. The van der Waals surface area contributed by atoms with Gasteiger partial charge in [-0.25, -0.2) is 4.79 Å². The highest BCUT2D eigenvalue weighted by Gasteiger charge is 2.12. The molecule has 0 radical (unpaired) electrons. The summed E-state index contributed by atoms with van der Waals surface area (Å²) in [6.07, 6.45) is 0. The van der Waals surface area contributed by atoms with Crippen LogP contribution in [0.3, 0.4) is 0 Å². The van der Waals surface area contributed by atoms with Crippen LogP contribution < -0.4 is 4.74 Å². The third kappa shape index (κ3) is 2.84. The third-order valence-electron chi connectivity index (χ3n) is 2.34. The molecule has 2 rings (SSSR count). The fourth-order valence-electron chi connectivity index (χ4n) is 1.51. The number of aromatic carboxylic acids is 1. The van der Waals surface area contributed by atoms with Crippen molar-refractivity contribution in [1.82, 2.24) is 0 Å². The van der Waals surface area contributed by atoms with Crippen LogP contribution in [0.4, 0.5) is 0 Å². The number of furan rings is 1. The van der Waals surface area contributed by atoms with Crippen molar-refractivity contribution in [1.29, 1.82) is 0 Å². The predicted molar refractivity (Wildman–Crippen MR) is 66.2 cm³/mol. The van der Waals surface area contributed by atoms with Gasteiger partial charge >= 0.3 is 5.97 Å². The SMILES string of the molecule is Cc1ccc(COc2ccc(Cl)cc2C(=O)O)o1. The summed E-state index contributed by atoms with van der Waals surface area (Å²) in [5, 5.41) is 9.38.